The van der Waals surface area contributed by atoms with E-state index in [2.05, 4.69) is 28.0 Å². The molecule has 0 radical (unpaired) electrons. The van der Waals surface area contributed by atoms with E-state index in [-0.39, 0.29) is 27.8 Å². The second kappa shape index (κ2) is 9.83. The van der Waals surface area contributed by atoms with E-state index >= 15 is 0 Å². The normalized spacial score (nSPS) is 23.4. The van der Waals surface area contributed by atoms with Crippen molar-refractivity contribution in [3.63, 3.8) is 0 Å². The van der Waals surface area contributed by atoms with E-state index in [1.54, 1.807) is 6.07 Å². The molecule has 1 amide bonds. The Morgan fingerprint density at radius 1 is 1.26 bits per heavy atom. The highest BCUT2D eigenvalue weighted by Crippen LogP contribution is 2.31. The molecule has 6 nitrogen and oxygen atoms in total. The van der Waals surface area contributed by atoms with E-state index in [1.165, 1.54) is 19.2 Å². The number of alkyl halides is 1. The van der Waals surface area contributed by atoms with E-state index in [1.807, 2.05) is 30.4 Å². The number of benzene rings is 1. The fraction of sp³-hybridized carbons (Fsp3) is 0.280. The largest absolute Gasteiger partial charge is 0.329 e. The van der Waals surface area contributed by atoms with Gasteiger partial charge in [0, 0.05) is 18.7 Å². The number of nitrogens with one attached hydrogen (secondary N) is 1. The highest BCUT2D eigenvalue weighted by molar-refractivity contribution is 7.92. The maximum Gasteiger partial charge on any atom is 0.329 e. The highest BCUT2D eigenvalue weighted by Gasteiger charge is 2.38. The lowest BCUT2D eigenvalue weighted by atomic mass is 9.80. The maximum absolute atomic E-state index is 13.0. The van der Waals surface area contributed by atoms with E-state index in [4.69, 9.17) is 23.2 Å². The topological polar surface area (TPSA) is 80.6 Å². The molecule has 1 heterocycles. The van der Waals surface area contributed by atoms with E-state index < -0.39 is 15.9 Å². The molecular weight excluding hydrogens is 493 g/mol. The fourth-order valence-corrected chi connectivity index (χ4v) is 5.09. The molecule has 0 fully saturated rings. The summed E-state index contributed by atoms with van der Waals surface area (Å²) < 4.78 is 29.2. The molecule has 3 unspecified atom stereocenters. The first-order valence-electron chi connectivity index (χ1n) is 10.8. The number of carbonyl (C=O) groups is 1. The number of fused-ring (bicyclic) bond motifs is 1. The number of carbonyl (C=O) groups excluding carboxylic acids is 1. The van der Waals surface area contributed by atoms with E-state index in [0.29, 0.717) is 24.2 Å². The van der Waals surface area contributed by atoms with Crippen LogP contribution in [0.25, 0.3) is 0 Å². The van der Waals surface area contributed by atoms with Crippen molar-refractivity contribution in [2.45, 2.75) is 18.2 Å². The van der Waals surface area contributed by atoms with Crippen molar-refractivity contribution < 1.29 is 13.2 Å². The second-order valence-electron chi connectivity index (χ2n) is 8.32. The van der Waals surface area contributed by atoms with Gasteiger partial charge in [-0.3, -0.25) is 9.10 Å². The first kappa shape index (κ1) is 24.3. The highest BCUT2D eigenvalue weighted by atomic mass is 35.5. The van der Waals surface area contributed by atoms with Crippen LogP contribution in [0.4, 0.5) is 5.69 Å². The SMILES string of the molecule is CN(c1ccc(C(=O)NC2=CCCC(Cl)C(C3=[N+]=C=CC4C=CC=CC34)=C2)c(Cl)c1)S(C)(=O)=O. The zero-order valence-electron chi connectivity index (χ0n) is 18.7. The maximum atomic E-state index is 13.0. The number of allylic oxidation sites excluding steroid dienone is 8. The number of halogens is 2. The molecule has 0 bridgehead atoms. The van der Waals surface area contributed by atoms with Crippen LogP contribution in [-0.4, -0.2) is 44.6 Å². The molecule has 3 aliphatic rings. The predicted molar refractivity (Wildman–Crippen MR) is 139 cm³/mol. The predicted octanol–water partition coefficient (Wildman–Crippen LogP) is 3.78. The molecule has 176 valence electrons. The molecule has 0 spiro atoms. The summed E-state index contributed by atoms with van der Waals surface area (Å²) in [7, 11) is -2.02. The Hall–Kier alpha value is -2.79. The molecule has 3 atom stereocenters. The first-order chi connectivity index (χ1) is 16.1. The summed E-state index contributed by atoms with van der Waals surface area (Å²) in [5.74, 6) is 2.84. The number of hydrogen-bond acceptors (Lipinski definition) is 3. The van der Waals surface area contributed by atoms with Crippen molar-refractivity contribution in [2.24, 2.45) is 11.8 Å². The molecule has 0 saturated heterocycles. The van der Waals surface area contributed by atoms with Crippen LogP contribution in [0, 0.1) is 11.8 Å². The van der Waals surface area contributed by atoms with Gasteiger partial charge in [-0.15, -0.1) is 11.6 Å². The van der Waals surface area contributed by atoms with Crippen LogP contribution in [0.1, 0.15) is 23.2 Å². The molecule has 1 aromatic rings. The molecule has 1 N–H and O–H groups in total. The van der Waals surface area contributed by atoms with Crippen molar-refractivity contribution in [1.82, 2.24) is 9.98 Å². The number of amides is 1. The zero-order chi connectivity index (χ0) is 24.5. The van der Waals surface area contributed by atoms with Crippen LogP contribution in [0.2, 0.25) is 5.02 Å². The Morgan fingerprint density at radius 3 is 2.76 bits per heavy atom. The lowest BCUT2D eigenvalue weighted by molar-refractivity contribution is 0.0967. The van der Waals surface area contributed by atoms with E-state index in [9.17, 15) is 13.2 Å². The van der Waals surface area contributed by atoms with Crippen molar-refractivity contribution in [2.75, 3.05) is 17.6 Å². The number of hydrogen-bond donors (Lipinski definition) is 1. The van der Waals surface area contributed by atoms with Crippen LogP contribution in [0.15, 0.2) is 72.0 Å². The Kier molecular flexibility index (Phi) is 7.04. The first-order valence-corrected chi connectivity index (χ1v) is 13.4. The second-order valence-corrected chi connectivity index (χ2v) is 11.3. The molecular formula is C25H24Cl2N3O3S+. The van der Waals surface area contributed by atoms with Crippen LogP contribution in [0.5, 0.6) is 0 Å². The molecule has 34 heavy (non-hydrogen) atoms. The summed E-state index contributed by atoms with van der Waals surface area (Å²) in [5, 5.41) is 2.81. The summed E-state index contributed by atoms with van der Waals surface area (Å²) in [5.41, 5.74) is 2.93. The van der Waals surface area contributed by atoms with Gasteiger partial charge in [0.15, 0.2) is 0 Å². The van der Waals surface area contributed by atoms with Crippen LogP contribution in [-0.2, 0) is 10.0 Å². The lowest BCUT2D eigenvalue weighted by Gasteiger charge is -2.19. The van der Waals surface area contributed by atoms with Crippen molar-refractivity contribution in [1.29, 1.82) is 0 Å². The zero-order valence-corrected chi connectivity index (χ0v) is 21.0. The summed E-state index contributed by atoms with van der Waals surface area (Å²) in [4.78, 5) is 13.0. The van der Waals surface area contributed by atoms with Gasteiger partial charge >= 0.3 is 11.6 Å². The number of sulfonamides is 1. The third-order valence-corrected chi connectivity index (χ3v) is 7.96. The molecule has 1 aliphatic heterocycles. The summed E-state index contributed by atoms with van der Waals surface area (Å²) >= 11 is 13.1. The van der Waals surface area contributed by atoms with Gasteiger partial charge in [-0.05, 0) is 41.8 Å². The average molecular weight is 517 g/mol. The monoisotopic (exact) mass is 516 g/mol. The minimum Gasteiger partial charge on any atom is -0.322 e. The molecule has 2 aliphatic carbocycles. The van der Waals surface area contributed by atoms with Gasteiger partial charge in [0.2, 0.25) is 10.0 Å². The molecule has 0 saturated carbocycles. The number of nitrogens with zero attached hydrogens (tertiary/aromatic N) is 2. The van der Waals surface area contributed by atoms with Gasteiger partial charge in [0.05, 0.1) is 45.5 Å². The van der Waals surface area contributed by atoms with Gasteiger partial charge in [-0.1, -0.05) is 42.0 Å². The van der Waals surface area contributed by atoms with Gasteiger partial charge < -0.3 is 5.32 Å². The molecule has 9 heteroatoms. The lowest BCUT2D eigenvalue weighted by Crippen LogP contribution is -2.30. The van der Waals surface area contributed by atoms with Gasteiger partial charge in [-0.25, -0.2) is 8.42 Å². The summed E-state index contributed by atoms with van der Waals surface area (Å²) in [6.07, 6.45) is 16.5. The van der Waals surface area contributed by atoms with Gasteiger partial charge in [0.25, 0.3) is 5.91 Å². The van der Waals surface area contributed by atoms with E-state index in [0.717, 1.165) is 21.8 Å². The van der Waals surface area contributed by atoms with Crippen molar-refractivity contribution in [3.05, 3.63) is 82.6 Å². The molecule has 4 rings (SSSR count). The average Bonchev–Trinajstić information content (AvgIpc) is 2.98. The van der Waals surface area contributed by atoms with Gasteiger partial charge in [-0.2, -0.15) is 0 Å². The van der Waals surface area contributed by atoms with Crippen LogP contribution < -0.4 is 14.3 Å². The third-order valence-electron chi connectivity index (χ3n) is 5.99. The van der Waals surface area contributed by atoms with Gasteiger partial charge in [0.1, 0.15) is 0 Å². The summed E-state index contributed by atoms with van der Waals surface area (Å²) in [6, 6.07) is 4.51. The van der Waals surface area contributed by atoms with Crippen LogP contribution in [0.3, 0.4) is 0 Å². The molecule has 1 aromatic carbocycles. The fourth-order valence-electron chi connectivity index (χ4n) is 4.03. The van der Waals surface area contributed by atoms with Crippen LogP contribution >= 0.6 is 23.2 Å². The summed E-state index contributed by atoms with van der Waals surface area (Å²) in [6.45, 7) is 0. The number of anilines is 1. The van der Waals surface area contributed by atoms with Crippen molar-refractivity contribution in [3.8, 4) is 0 Å². The Labute approximate surface area is 209 Å². The smallest absolute Gasteiger partial charge is 0.322 e. The third kappa shape index (κ3) is 5.15. The Balaban J connectivity index is 1.59. The molecule has 0 aromatic heterocycles. The minimum atomic E-state index is -3.45. The minimum absolute atomic E-state index is 0.0719. The quantitative estimate of drug-likeness (QED) is 0.477. The van der Waals surface area contributed by atoms with Crippen molar-refractivity contribution >= 4 is 56.4 Å². The Morgan fingerprint density at radius 2 is 2.03 bits per heavy atom. The Bertz CT molecular complexity index is 1360. The number of rotatable bonds is 5. The standard InChI is InChI=1S/C25H23Cl2N3O3S/c1-30(34(2,32)33)18-10-11-20(23(27)15-18)25(31)29-17-7-5-9-22(26)21(14-17)24-19-8-4-3-6-16(19)12-13-28-24/h3-4,6-8,10-12,14-16,19,22H,5,9H2,1-2H3/p+1.